The number of piperidine rings is 2. The number of amides is 2. The first-order valence-corrected chi connectivity index (χ1v) is 7.43. The maximum atomic E-state index is 12.2. The molecule has 5 heteroatoms. The molecule has 2 aliphatic rings. The van der Waals surface area contributed by atoms with Crippen LogP contribution in [0.25, 0.3) is 0 Å². The van der Waals surface area contributed by atoms with E-state index in [0.29, 0.717) is 24.8 Å². The molecule has 0 aliphatic carbocycles. The summed E-state index contributed by atoms with van der Waals surface area (Å²) in [6.45, 7) is 4.02. The minimum absolute atomic E-state index is 0.261. The van der Waals surface area contributed by atoms with Crippen LogP contribution >= 0.6 is 0 Å². The van der Waals surface area contributed by atoms with E-state index < -0.39 is 0 Å². The quantitative estimate of drug-likeness (QED) is 0.810. The summed E-state index contributed by atoms with van der Waals surface area (Å²) in [6, 6.07) is 0. The summed E-state index contributed by atoms with van der Waals surface area (Å²) in [5.41, 5.74) is 5.19. The fourth-order valence-corrected chi connectivity index (χ4v) is 3.09. The largest absolute Gasteiger partial charge is 0.369 e. The van der Waals surface area contributed by atoms with Crippen molar-refractivity contribution in [3.8, 4) is 0 Å². The van der Waals surface area contributed by atoms with Gasteiger partial charge in [-0.3, -0.25) is 14.5 Å². The lowest BCUT2D eigenvalue weighted by atomic mass is 9.92. The second-order valence-corrected chi connectivity index (χ2v) is 5.83. The van der Waals surface area contributed by atoms with E-state index in [-0.39, 0.29) is 5.91 Å². The zero-order valence-electron chi connectivity index (χ0n) is 11.6. The molecule has 2 amide bonds. The molecule has 0 aromatic carbocycles. The summed E-state index contributed by atoms with van der Waals surface area (Å²) in [5.74, 6) is 0.550. The Bertz CT molecular complexity index is 319. The highest BCUT2D eigenvalue weighted by molar-refractivity contribution is 5.76. The van der Waals surface area contributed by atoms with Crippen LogP contribution < -0.4 is 5.73 Å². The number of carbonyl (C=O) groups excluding carboxylic acids is 2. The highest BCUT2D eigenvalue weighted by Gasteiger charge is 2.24. The number of rotatable bonds is 4. The lowest BCUT2D eigenvalue weighted by molar-refractivity contribution is -0.133. The van der Waals surface area contributed by atoms with Crippen LogP contribution in [0.2, 0.25) is 0 Å². The molecule has 19 heavy (non-hydrogen) atoms. The Balaban J connectivity index is 1.69. The van der Waals surface area contributed by atoms with E-state index in [1.807, 2.05) is 4.90 Å². The van der Waals surface area contributed by atoms with Crippen molar-refractivity contribution in [3.63, 3.8) is 0 Å². The first kappa shape index (κ1) is 14.3. The van der Waals surface area contributed by atoms with Crippen LogP contribution in [0.4, 0.5) is 0 Å². The van der Waals surface area contributed by atoms with E-state index in [1.54, 1.807) is 0 Å². The fourth-order valence-electron chi connectivity index (χ4n) is 3.09. The standard InChI is InChI=1S/C14H25N3O2/c15-13(18)11-16-8-4-12(5-9-16)10-14(19)17-6-2-1-3-7-17/h12H,1-11H2,(H2,15,18). The molecule has 0 saturated carbocycles. The van der Waals surface area contributed by atoms with Crippen molar-refractivity contribution in [1.82, 2.24) is 9.80 Å². The summed E-state index contributed by atoms with van der Waals surface area (Å²) in [6.07, 6.45) is 6.27. The Morgan fingerprint density at radius 3 is 2.21 bits per heavy atom. The molecule has 0 aromatic rings. The van der Waals surface area contributed by atoms with E-state index in [1.165, 1.54) is 6.42 Å². The Morgan fingerprint density at radius 1 is 1.00 bits per heavy atom. The average Bonchev–Trinajstić information content (AvgIpc) is 2.41. The lowest BCUT2D eigenvalue weighted by Gasteiger charge is -2.33. The van der Waals surface area contributed by atoms with Gasteiger partial charge in [-0.2, -0.15) is 0 Å². The van der Waals surface area contributed by atoms with E-state index in [0.717, 1.165) is 51.9 Å². The predicted molar refractivity (Wildman–Crippen MR) is 73.4 cm³/mol. The topological polar surface area (TPSA) is 66.6 Å². The molecule has 2 N–H and O–H groups in total. The van der Waals surface area contributed by atoms with Gasteiger partial charge in [0.2, 0.25) is 11.8 Å². The van der Waals surface area contributed by atoms with Gasteiger partial charge < -0.3 is 10.6 Å². The fraction of sp³-hybridized carbons (Fsp3) is 0.857. The second kappa shape index (κ2) is 6.89. The number of nitrogens with zero attached hydrogens (tertiary/aromatic N) is 2. The molecule has 2 fully saturated rings. The summed E-state index contributed by atoms with van der Waals surface area (Å²) in [4.78, 5) is 27.1. The molecule has 2 aliphatic heterocycles. The number of likely N-dealkylation sites (tertiary alicyclic amines) is 2. The predicted octanol–water partition coefficient (Wildman–Crippen LogP) is 0.586. The molecule has 0 bridgehead atoms. The van der Waals surface area contributed by atoms with E-state index in [4.69, 9.17) is 5.73 Å². The van der Waals surface area contributed by atoms with Gasteiger partial charge in [-0.15, -0.1) is 0 Å². The van der Waals surface area contributed by atoms with Gasteiger partial charge >= 0.3 is 0 Å². The first-order valence-electron chi connectivity index (χ1n) is 7.43. The van der Waals surface area contributed by atoms with E-state index in [9.17, 15) is 9.59 Å². The molecule has 2 saturated heterocycles. The number of hydrogen-bond acceptors (Lipinski definition) is 3. The zero-order valence-corrected chi connectivity index (χ0v) is 11.6. The minimum atomic E-state index is -0.261. The van der Waals surface area contributed by atoms with E-state index in [2.05, 4.69) is 4.90 Å². The van der Waals surface area contributed by atoms with Gasteiger partial charge in [-0.05, 0) is 51.1 Å². The summed E-state index contributed by atoms with van der Waals surface area (Å²) < 4.78 is 0. The SMILES string of the molecule is NC(=O)CN1CCC(CC(=O)N2CCCCC2)CC1. The maximum absolute atomic E-state index is 12.2. The molecule has 0 spiro atoms. The van der Waals surface area contributed by atoms with Crippen LogP contribution in [0.1, 0.15) is 38.5 Å². The van der Waals surface area contributed by atoms with Crippen molar-refractivity contribution >= 4 is 11.8 Å². The Hall–Kier alpha value is -1.10. The van der Waals surface area contributed by atoms with Crippen LogP contribution in [-0.2, 0) is 9.59 Å². The number of hydrogen-bond donors (Lipinski definition) is 1. The molecule has 0 atom stereocenters. The molecule has 2 rings (SSSR count). The van der Waals surface area contributed by atoms with E-state index >= 15 is 0 Å². The third-order valence-corrected chi connectivity index (χ3v) is 4.26. The highest BCUT2D eigenvalue weighted by atomic mass is 16.2. The van der Waals surface area contributed by atoms with Crippen LogP contribution in [0.5, 0.6) is 0 Å². The summed E-state index contributed by atoms with van der Waals surface area (Å²) in [7, 11) is 0. The number of carbonyl (C=O) groups is 2. The molecule has 0 unspecified atom stereocenters. The Morgan fingerprint density at radius 2 is 1.63 bits per heavy atom. The van der Waals surface area contributed by atoms with Crippen LogP contribution in [-0.4, -0.2) is 54.3 Å². The molecule has 108 valence electrons. The van der Waals surface area contributed by atoms with Crippen molar-refractivity contribution in [1.29, 1.82) is 0 Å². The summed E-state index contributed by atoms with van der Waals surface area (Å²) >= 11 is 0. The summed E-state index contributed by atoms with van der Waals surface area (Å²) in [5, 5.41) is 0. The van der Waals surface area contributed by atoms with Crippen LogP contribution in [0.15, 0.2) is 0 Å². The number of nitrogens with two attached hydrogens (primary N) is 1. The zero-order chi connectivity index (χ0) is 13.7. The van der Waals surface area contributed by atoms with Crippen LogP contribution in [0.3, 0.4) is 0 Å². The minimum Gasteiger partial charge on any atom is -0.369 e. The van der Waals surface area contributed by atoms with Crippen molar-refractivity contribution in [2.24, 2.45) is 11.7 Å². The molecular formula is C14H25N3O2. The molecule has 0 aromatic heterocycles. The van der Waals surface area contributed by atoms with Gasteiger partial charge in [0.25, 0.3) is 0 Å². The maximum Gasteiger partial charge on any atom is 0.231 e. The van der Waals surface area contributed by atoms with Gasteiger partial charge in [0, 0.05) is 19.5 Å². The van der Waals surface area contributed by atoms with Gasteiger partial charge in [0.15, 0.2) is 0 Å². The highest BCUT2D eigenvalue weighted by Crippen LogP contribution is 2.22. The molecule has 0 radical (unpaired) electrons. The average molecular weight is 267 g/mol. The smallest absolute Gasteiger partial charge is 0.231 e. The third-order valence-electron chi connectivity index (χ3n) is 4.26. The molecular weight excluding hydrogens is 242 g/mol. The van der Waals surface area contributed by atoms with Gasteiger partial charge in [0.1, 0.15) is 0 Å². The Labute approximate surface area is 115 Å². The van der Waals surface area contributed by atoms with Gasteiger partial charge in [-0.25, -0.2) is 0 Å². The van der Waals surface area contributed by atoms with Crippen LogP contribution in [0, 0.1) is 5.92 Å². The lowest BCUT2D eigenvalue weighted by Crippen LogP contribution is -2.41. The van der Waals surface area contributed by atoms with Gasteiger partial charge in [0.05, 0.1) is 6.54 Å². The van der Waals surface area contributed by atoms with Crippen molar-refractivity contribution in [3.05, 3.63) is 0 Å². The van der Waals surface area contributed by atoms with Crippen molar-refractivity contribution in [2.45, 2.75) is 38.5 Å². The normalized spacial score (nSPS) is 22.4. The second-order valence-electron chi connectivity index (χ2n) is 5.83. The number of primary amides is 1. The Kier molecular flexibility index (Phi) is 5.19. The van der Waals surface area contributed by atoms with Gasteiger partial charge in [-0.1, -0.05) is 0 Å². The first-order chi connectivity index (χ1) is 9.15. The van der Waals surface area contributed by atoms with Crippen molar-refractivity contribution in [2.75, 3.05) is 32.7 Å². The molecule has 5 nitrogen and oxygen atoms in total. The third kappa shape index (κ3) is 4.49. The monoisotopic (exact) mass is 267 g/mol. The van der Waals surface area contributed by atoms with Crippen molar-refractivity contribution < 1.29 is 9.59 Å². The molecule has 2 heterocycles.